The number of thiazole rings is 1. The van der Waals surface area contributed by atoms with Crippen molar-refractivity contribution in [2.75, 3.05) is 6.54 Å². The molecule has 0 amide bonds. The molecule has 0 radical (unpaired) electrons. The van der Waals surface area contributed by atoms with Crippen molar-refractivity contribution in [3.8, 4) is 11.5 Å². The van der Waals surface area contributed by atoms with Gasteiger partial charge in [-0.25, -0.2) is 4.98 Å². The second kappa shape index (κ2) is 3.72. The quantitative estimate of drug-likeness (QED) is 0.812. The average molecular weight is 194 g/mol. The zero-order chi connectivity index (χ0) is 9.10. The fourth-order valence-electron chi connectivity index (χ4n) is 1.09. The molecule has 0 spiro atoms. The molecule has 0 aliphatic rings. The first-order valence-electron chi connectivity index (χ1n) is 4.08. The summed E-state index contributed by atoms with van der Waals surface area (Å²) in [6.07, 6.45) is 2.49. The van der Waals surface area contributed by atoms with E-state index in [1.54, 1.807) is 17.6 Å². The van der Waals surface area contributed by atoms with Crippen molar-refractivity contribution in [1.29, 1.82) is 0 Å². The van der Waals surface area contributed by atoms with Gasteiger partial charge in [0.15, 0.2) is 5.76 Å². The Morgan fingerprint density at radius 1 is 1.54 bits per heavy atom. The predicted molar refractivity (Wildman–Crippen MR) is 52.6 cm³/mol. The zero-order valence-corrected chi connectivity index (χ0v) is 7.88. The van der Waals surface area contributed by atoms with Gasteiger partial charge in [0, 0.05) is 11.8 Å². The summed E-state index contributed by atoms with van der Waals surface area (Å²) >= 11 is 1.62. The van der Waals surface area contributed by atoms with Crippen LogP contribution >= 0.6 is 11.3 Å². The highest BCUT2D eigenvalue weighted by molar-refractivity contribution is 7.09. The molecule has 0 fully saturated rings. The molecule has 0 saturated heterocycles. The second-order valence-corrected chi connectivity index (χ2v) is 3.59. The van der Waals surface area contributed by atoms with Crippen LogP contribution in [-0.4, -0.2) is 11.5 Å². The highest BCUT2D eigenvalue weighted by Gasteiger charge is 2.05. The molecule has 2 aromatic rings. The first-order valence-corrected chi connectivity index (χ1v) is 4.96. The van der Waals surface area contributed by atoms with Gasteiger partial charge in [0.25, 0.3) is 0 Å². The van der Waals surface area contributed by atoms with E-state index in [0.717, 1.165) is 22.9 Å². The van der Waals surface area contributed by atoms with E-state index in [1.165, 1.54) is 0 Å². The van der Waals surface area contributed by atoms with E-state index in [4.69, 9.17) is 10.2 Å². The minimum absolute atomic E-state index is 0.644. The maximum atomic E-state index is 5.43. The minimum atomic E-state index is 0.644. The van der Waals surface area contributed by atoms with Crippen molar-refractivity contribution >= 4 is 11.3 Å². The third kappa shape index (κ3) is 1.79. The van der Waals surface area contributed by atoms with Crippen LogP contribution in [0.25, 0.3) is 11.5 Å². The lowest BCUT2D eigenvalue weighted by Crippen LogP contribution is -2.01. The van der Waals surface area contributed by atoms with Crippen molar-refractivity contribution in [1.82, 2.24) is 4.98 Å². The van der Waals surface area contributed by atoms with E-state index in [9.17, 15) is 0 Å². The first-order chi connectivity index (χ1) is 6.40. The molecule has 3 nitrogen and oxygen atoms in total. The van der Waals surface area contributed by atoms with Crippen LogP contribution in [0.1, 0.15) is 5.01 Å². The van der Waals surface area contributed by atoms with E-state index in [1.807, 2.05) is 17.5 Å². The summed E-state index contributed by atoms with van der Waals surface area (Å²) in [6, 6.07) is 3.76. The summed E-state index contributed by atoms with van der Waals surface area (Å²) in [5, 5.41) is 3.05. The molecule has 0 aromatic carbocycles. The van der Waals surface area contributed by atoms with E-state index >= 15 is 0 Å². The summed E-state index contributed by atoms with van der Waals surface area (Å²) in [6.45, 7) is 0.644. The van der Waals surface area contributed by atoms with Gasteiger partial charge in [0.05, 0.1) is 11.3 Å². The summed E-state index contributed by atoms with van der Waals surface area (Å²) in [7, 11) is 0. The molecule has 0 aliphatic carbocycles. The van der Waals surface area contributed by atoms with Gasteiger partial charge >= 0.3 is 0 Å². The van der Waals surface area contributed by atoms with Gasteiger partial charge in [-0.15, -0.1) is 11.3 Å². The first kappa shape index (κ1) is 8.47. The normalized spacial score (nSPS) is 10.5. The predicted octanol–water partition coefficient (Wildman–Crippen LogP) is 1.90. The average Bonchev–Trinajstić information content (AvgIpc) is 2.70. The highest BCUT2D eigenvalue weighted by atomic mass is 32.1. The Balaban J connectivity index is 2.23. The molecular weight excluding hydrogens is 184 g/mol. The zero-order valence-electron chi connectivity index (χ0n) is 7.06. The highest BCUT2D eigenvalue weighted by Crippen LogP contribution is 2.21. The van der Waals surface area contributed by atoms with E-state index < -0.39 is 0 Å². The van der Waals surface area contributed by atoms with Gasteiger partial charge in [0.1, 0.15) is 5.69 Å². The third-order valence-corrected chi connectivity index (χ3v) is 2.59. The molecule has 2 rings (SSSR count). The van der Waals surface area contributed by atoms with Crippen LogP contribution in [0.2, 0.25) is 0 Å². The molecule has 0 bridgehead atoms. The van der Waals surface area contributed by atoms with Crippen LogP contribution in [0.3, 0.4) is 0 Å². The van der Waals surface area contributed by atoms with Crippen molar-refractivity contribution in [2.24, 2.45) is 5.73 Å². The number of nitrogens with two attached hydrogens (primary N) is 1. The van der Waals surface area contributed by atoms with Crippen molar-refractivity contribution in [3.63, 3.8) is 0 Å². The Morgan fingerprint density at radius 3 is 3.15 bits per heavy atom. The lowest BCUT2D eigenvalue weighted by Gasteiger charge is -1.88. The molecule has 13 heavy (non-hydrogen) atoms. The molecule has 0 saturated carbocycles. The fraction of sp³-hybridized carbons (Fsp3) is 0.222. The summed E-state index contributed by atoms with van der Waals surface area (Å²) in [5.41, 5.74) is 6.33. The van der Waals surface area contributed by atoms with Gasteiger partial charge < -0.3 is 10.2 Å². The monoisotopic (exact) mass is 194 g/mol. The second-order valence-electron chi connectivity index (χ2n) is 2.64. The summed E-state index contributed by atoms with van der Waals surface area (Å²) < 4.78 is 5.22. The lowest BCUT2D eigenvalue weighted by molar-refractivity contribution is 0.580. The van der Waals surface area contributed by atoms with Crippen molar-refractivity contribution < 1.29 is 4.42 Å². The molecule has 0 aliphatic heterocycles. The van der Waals surface area contributed by atoms with Crippen molar-refractivity contribution in [3.05, 3.63) is 28.8 Å². The number of rotatable bonds is 3. The molecule has 68 valence electrons. The molecule has 2 heterocycles. The Kier molecular flexibility index (Phi) is 2.42. The lowest BCUT2D eigenvalue weighted by atomic mass is 10.3. The molecular formula is C9H10N2OS. The maximum Gasteiger partial charge on any atom is 0.153 e. The summed E-state index contributed by atoms with van der Waals surface area (Å²) in [5.74, 6) is 0.819. The van der Waals surface area contributed by atoms with Gasteiger partial charge in [-0.3, -0.25) is 0 Å². The van der Waals surface area contributed by atoms with E-state index in [0.29, 0.717) is 6.54 Å². The molecule has 2 N–H and O–H groups in total. The largest absolute Gasteiger partial charge is 0.463 e. The molecule has 0 unspecified atom stereocenters. The topological polar surface area (TPSA) is 52.0 Å². The van der Waals surface area contributed by atoms with Gasteiger partial charge in [-0.1, -0.05) is 0 Å². The number of furan rings is 1. The van der Waals surface area contributed by atoms with Crippen molar-refractivity contribution in [2.45, 2.75) is 6.42 Å². The van der Waals surface area contributed by atoms with E-state index in [-0.39, 0.29) is 0 Å². The SMILES string of the molecule is NCCc1nc(-c2ccco2)cs1. The van der Waals surface area contributed by atoms with E-state index in [2.05, 4.69) is 4.98 Å². The number of hydrogen-bond donors (Lipinski definition) is 1. The number of aromatic nitrogens is 1. The maximum absolute atomic E-state index is 5.43. The number of nitrogens with zero attached hydrogens (tertiary/aromatic N) is 1. The Morgan fingerprint density at radius 2 is 2.46 bits per heavy atom. The Labute approximate surface area is 80.2 Å². The van der Waals surface area contributed by atoms with Crippen LogP contribution in [0, 0.1) is 0 Å². The molecule has 0 atom stereocenters. The van der Waals surface area contributed by atoms with Gasteiger partial charge in [-0.2, -0.15) is 0 Å². The van der Waals surface area contributed by atoms with Crippen LogP contribution < -0.4 is 5.73 Å². The fourth-order valence-corrected chi connectivity index (χ4v) is 1.89. The molecule has 4 heteroatoms. The Hall–Kier alpha value is -1.13. The summed E-state index contributed by atoms with van der Waals surface area (Å²) in [4.78, 5) is 4.39. The van der Waals surface area contributed by atoms with Crippen LogP contribution in [-0.2, 0) is 6.42 Å². The smallest absolute Gasteiger partial charge is 0.153 e. The van der Waals surface area contributed by atoms with Gasteiger partial charge in [0.2, 0.25) is 0 Å². The van der Waals surface area contributed by atoms with Crippen LogP contribution in [0.15, 0.2) is 28.2 Å². The van der Waals surface area contributed by atoms with Crippen LogP contribution in [0.4, 0.5) is 0 Å². The standard InChI is InChI=1S/C9H10N2OS/c10-4-3-9-11-7(6-13-9)8-2-1-5-12-8/h1-2,5-6H,3-4,10H2. The van der Waals surface area contributed by atoms with Gasteiger partial charge in [-0.05, 0) is 18.7 Å². The minimum Gasteiger partial charge on any atom is -0.463 e. The van der Waals surface area contributed by atoms with Crippen LogP contribution in [0.5, 0.6) is 0 Å². The Bertz CT molecular complexity index is 367. The number of hydrogen-bond acceptors (Lipinski definition) is 4. The third-order valence-electron chi connectivity index (χ3n) is 1.68. The molecule has 2 aromatic heterocycles.